The number of nitrogens with zero attached hydrogens (tertiary/aromatic N) is 3. The number of carbonyl (C=O) groups is 3. The van der Waals surface area contributed by atoms with Crippen molar-refractivity contribution in [2.75, 3.05) is 13.1 Å². The van der Waals surface area contributed by atoms with Gasteiger partial charge in [0.25, 0.3) is 5.91 Å². The van der Waals surface area contributed by atoms with Gasteiger partial charge in [0.15, 0.2) is 17.7 Å². The number of para-hydroxylation sites is 1. The van der Waals surface area contributed by atoms with Gasteiger partial charge in [0.1, 0.15) is 17.7 Å². The van der Waals surface area contributed by atoms with Gasteiger partial charge < -0.3 is 19.8 Å². The molecule has 0 spiro atoms. The molecular weight excluding hydrogens is 512 g/mol. The number of likely N-dealkylation sites (tertiary alicyclic amines) is 1. The average Bonchev–Trinajstić information content (AvgIpc) is 3.58. The van der Waals surface area contributed by atoms with Crippen molar-refractivity contribution in [2.24, 2.45) is 5.92 Å². The summed E-state index contributed by atoms with van der Waals surface area (Å²) in [7, 11) is -4.27. The van der Waals surface area contributed by atoms with Crippen LogP contribution in [0.4, 0.5) is 0 Å². The molecule has 38 heavy (non-hydrogen) atoms. The second kappa shape index (κ2) is 9.84. The molecule has 2 aliphatic rings. The normalized spacial score (nSPS) is 20.7. The predicted octanol–water partition coefficient (Wildman–Crippen LogP) is 1.45. The average molecular weight is 541 g/mol. The number of rotatable bonds is 7. The molecule has 1 N–H and O–H groups in total. The third-order valence-electron chi connectivity index (χ3n) is 6.98. The van der Waals surface area contributed by atoms with E-state index in [1.54, 1.807) is 18.2 Å². The summed E-state index contributed by atoms with van der Waals surface area (Å²) in [5, 5.41) is 15.2. The molecule has 5 rings (SSSR count). The van der Waals surface area contributed by atoms with Crippen LogP contribution in [0.1, 0.15) is 37.2 Å². The first kappa shape index (κ1) is 25.9. The molecule has 0 aliphatic carbocycles. The summed E-state index contributed by atoms with van der Waals surface area (Å²) in [5.74, 6) is -1.33. The Bertz CT molecular complexity index is 1480. The molecule has 0 radical (unpaired) electrons. The Morgan fingerprint density at radius 2 is 1.92 bits per heavy atom. The minimum absolute atomic E-state index is 0.0417. The lowest BCUT2D eigenvalue weighted by Crippen LogP contribution is -2.53. The number of fused-ring (bicyclic) bond motifs is 2. The zero-order chi connectivity index (χ0) is 27.2. The number of furan rings is 1. The molecule has 2 aliphatic heterocycles. The summed E-state index contributed by atoms with van der Waals surface area (Å²) in [6.07, 6.45) is 1.63. The van der Waals surface area contributed by atoms with Gasteiger partial charge in [0, 0.05) is 24.1 Å². The SMILES string of the molecule is CC(C)CC(NC(=O)c1cc2ccccc2o1)C(=O)N1CCC2C1C(=O)CN2S(=O)(=O)c1cccc[n+]1[O-]. The number of Topliss-reactive ketones (excluding diaryl/α,β-unsaturated/α-hetero) is 1. The molecule has 0 bridgehead atoms. The van der Waals surface area contributed by atoms with Crippen LogP contribution in [0.3, 0.4) is 0 Å². The Morgan fingerprint density at radius 3 is 2.63 bits per heavy atom. The standard InChI is InChI=1S/C26H28N4O7S/c1-16(2)13-18(27-25(32)22-14-17-7-3-4-8-21(17)37-22)26(33)28-12-10-19-24(28)20(31)15-30(19)38(35,36)23-9-5-6-11-29(23)34/h3-9,11,14,16,18-19,24H,10,12-13,15H2,1-2H3,(H,27,32). The second-order valence-corrected chi connectivity index (χ2v) is 11.9. The van der Waals surface area contributed by atoms with Crippen LogP contribution < -0.4 is 10.0 Å². The van der Waals surface area contributed by atoms with Gasteiger partial charge in [-0.15, -0.1) is 0 Å². The van der Waals surface area contributed by atoms with Crippen molar-refractivity contribution < 1.29 is 31.9 Å². The first-order valence-electron chi connectivity index (χ1n) is 12.4. The summed E-state index contributed by atoms with van der Waals surface area (Å²) in [5.41, 5.74) is 0.544. The summed E-state index contributed by atoms with van der Waals surface area (Å²) >= 11 is 0. The van der Waals surface area contributed by atoms with Crippen molar-refractivity contribution in [3.05, 3.63) is 65.7 Å². The lowest BCUT2D eigenvalue weighted by Gasteiger charge is -2.28. The largest absolute Gasteiger partial charge is 0.618 e. The first-order chi connectivity index (χ1) is 18.1. The second-order valence-electron chi connectivity index (χ2n) is 10.0. The van der Waals surface area contributed by atoms with Gasteiger partial charge in [0.2, 0.25) is 5.91 Å². The van der Waals surface area contributed by atoms with Gasteiger partial charge in [-0.1, -0.05) is 32.0 Å². The van der Waals surface area contributed by atoms with E-state index >= 15 is 0 Å². The molecule has 11 nitrogen and oxygen atoms in total. The number of amides is 2. The van der Waals surface area contributed by atoms with Crippen molar-refractivity contribution >= 4 is 38.6 Å². The van der Waals surface area contributed by atoms with Gasteiger partial charge in [-0.05, 0) is 37.0 Å². The highest BCUT2D eigenvalue weighted by molar-refractivity contribution is 7.89. The van der Waals surface area contributed by atoms with Gasteiger partial charge >= 0.3 is 15.0 Å². The highest BCUT2D eigenvalue weighted by Gasteiger charge is 2.55. The minimum atomic E-state index is -4.27. The maximum Gasteiger partial charge on any atom is 0.323 e. The zero-order valence-electron chi connectivity index (χ0n) is 20.9. The number of hydrogen-bond donors (Lipinski definition) is 1. The lowest BCUT2D eigenvalue weighted by atomic mass is 10.0. The van der Waals surface area contributed by atoms with Gasteiger partial charge in [-0.25, -0.2) is 8.42 Å². The fraction of sp³-hybridized carbons (Fsp3) is 0.385. The highest BCUT2D eigenvalue weighted by atomic mass is 32.2. The molecule has 3 unspecified atom stereocenters. The van der Waals surface area contributed by atoms with E-state index in [0.717, 1.165) is 15.9 Å². The van der Waals surface area contributed by atoms with Crippen LogP contribution in [0.15, 0.2) is 64.2 Å². The quantitative estimate of drug-likeness (QED) is 0.353. The minimum Gasteiger partial charge on any atom is -0.618 e. The molecule has 0 saturated carbocycles. The number of aromatic nitrogens is 1. The van der Waals surface area contributed by atoms with Crippen LogP contribution >= 0.6 is 0 Å². The third kappa shape index (κ3) is 4.54. The predicted molar refractivity (Wildman–Crippen MR) is 135 cm³/mol. The number of carbonyl (C=O) groups excluding carboxylic acids is 3. The molecule has 200 valence electrons. The van der Waals surface area contributed by atoms with Gasteiger partial charge in [-0.3, -0.25) is 14.4 Å². The van der Waals surface area contributed by atoms with Crippen LogP contribution in [0.2, 0.25) is 0 Å². The van der Waals surface area contributed by atoms with Crippen molar-refractivity contribution in [3.8, 4) is 0 Å². The Balaban J connectivity index is 1.37. The summed E-state index contributed by atoms with van der Waals surface area (Å²) < 4.78 is 33.4. The van der Waals surface area contributed by atoms with Gasteiger partial charge in [-0.2, -0.15) is 9.04 Å². The maximum atomic E-state index is 13.7. The molecule has 12 heteroatoms. The highest BCUT2D eigenvalue weighted by Crippen LogP contribution is 2.34. The molecule has 2 amide bonds. The Hall–Kier alpha value is -3.77. The monoisotopic (exact) mass is 540 g/mol. The molecule has 4 heterocycles. The van der Waals surface area contributed by atoms with E-state index in [1.807, 2.05) is 26.0 Å². The van der Waals surface area contributed by atoms with Crippen molar-refractivity contribution in [1.29, 1.82) is 0 Å². The van der Waals surface area contributed by atoms with Crippen LogP contribution in [0.5, 0.6) is 0 Å². The van der Waals surface area contributed by atoms with E-state index in [9.17, 15) is 28.0 Å². The van der Waals surface area contributed by atoms with E-state index in [-0.39, 0.29) is 29.4 Å². The molecule has 2 saturated heterocycles. The smallest absolute Gasteiger partial charge is 0.323 e. The first-order valence-corrected chi connectivity index (χ1v) is 13.8. The van der Waals surface area contributed by atoms with Crippen molar-refractivity contribution in [1.82, 2.24) is 14.5 Å². The van der Waals surface area contributed by atoms with Crippen molar-refractivity contribution in [3.63, 3.8) is 0 Å². The molecule has 1 aromatic carbocycles. The molecular formula is C26H28N4O7S. The topological polar surface area (TPSA) is 144 Å². The summed E-state index contributed by atoms with van der Waals surface area (Å²) in [4.78, 5) is 41.1. The van der Waals surface area contributed by atoms with Gasteiger partial charge in [0.05, 0.1) is 12.6 Å². The third-order valence-corrected chi connectivity index (χ3v) is 8.84. The number of ketones is 1. The molecule has 2 fully saturated rings. The summed E-state index contributed by atoms with van der Waals surface area (Å²) in [6.45, 7) is 3.53. The molecule has 3 aromatic rings. The van der Waals surface area contributed by atoms with E-state index < -0.39 is 57.3 Å². The van der Waals surface area contributed by atoms with E-state index in [1.165, 1.54) is 23.1 Å². The number of nitrogens with one attached hydrogen (secondary N) is 1. The number of benzene rings is 1. The molecule has 3 atom stereocenters. The molecule has 2 aromatic heterocycles. The fourth-order valence-electron chi connectivity index (χ4n) is 5.29. The van der Waals surface area contributed by atoms with E-state index in [0.29, 0.717) is 12.0 Å². The van der Waals surface area contributed by atoms with Crippen LogP contribution in [0.25, 0.3) is 11.0 Å². The number of pyridine rings is 1. The Labute approximate surface area is 219 Å². The van der Waals surface area contributed by atoms with Crippen LogP contribution in [0, 0.1) is 11.1 Å². The van der Waals surface area contributed by atoms with E-state index in [2.05, 4.69) is 5.32 Å². The lowest BCUT2D eigenvalue weighted by molar-refractivity contribution is -0.646. The summed E-state index contributed by atoms with van der Waals surface area (Å²) in [6, 6.07) is 10.1. The Morgan fingerprint density at radius 1 is 1.18 bits per heavy atom. The fourth-order valence-corrected chi connectivity index (χ4v) is 6.94. The number of hydrogen-bond acceptors (Lipinski definition) is 7. The van der Waals surface area contributed by atoms with Crippen LogP contribution in [-0.2, 0) is 19.6 Å². The zero-order valence-corrected chi connectivity index (χ0v) is 21.8. The number of sulfonamides is 1. The van der Waals surface area contributed by atoms with Crippen molar-refractivity contribution in [2.45, 2.75) is 49.8 Å². The Kier molecular flexibility index (Phi) is 6.70. The maximum absolute atomic E-state index is 13.7. The van der Waals surface area contributed by atoms with E-state index in [4.69, 9.17) is 4.42 Å². The van der Waals surface area contributed by atoms with Crippen LogP contribution in [-0.4, -0.2) is 66.4 Å².